The largest absolute Gasteiger partial charge is 0.482 e. The molecule has 0 atom stereocenters. The third-order valence-electron chi connectivity index (χ3n) is 4.93. The standard InChI is InChI=1S/C22H20O2/c23-20(17-9-3-1-4-10-17)15-19-16-21(18-11-5-2-6-12-18)24-22(19)13-7-8-14-22/h1-6,9-12,15-16H,7-8,13-14H2/b19-15+. The van der Waals surface area contributed by atoms with Crippen molar-refractivity contribution in [1.29, 1.82) is 0 Å². The molecule has 2 nitrogen and oxygen atoms in total. The molecule has 120 valence electrons. The summed E-state index contributed by atoms with van der Waals surface area (Å²) in [7, 11) is 0. The van der Waals surface area contributed by atoms with Gasteiger partial charge in [-0.05, 0) is 37.8 Å². The molecule has 0 saturated heterocycles. The number of benzene rings is 2. The van der Waals surface area contributed by atoms with E-state index in [9.17, 15) is 4.79 Å². The zero-order valence-corrected chi connectivity index (χ0v) is 13.6. The number of ether oxygens (including phenoxy) is 1. The van der Waals surface area contributed by atoms with E-state index in [0.717, 1.165) is 48.1 Å². The highest BCUT2D eigenvalue weighted by Gasteiger charge is 2.43. The van der Waals surface area contributed by atoms with Gasteiger partial charge < -0.3 is 4.74 Å². The number of rotatable bonds is 3. The molecule has 2 heteroatoms. The number of hydrogen-bond donors (Lipinski definition) is 0. The van der Waals surface area contributed by atoms with E-state index in [2.05, 4.69) is 18.2 Å². The highest BCUT2D eigenvalue weighted by molar-refractivity contribution is 6.05. The molecule has 1 aliphatic carbocycles. The van der Waals surface area contributed by atoms with Gasteiger partial charge in [0, 0.05) is 16.7 Å². The third-order valence-corrected chi connectivity index (χ3v) is 4.93. The first-order valence-corrected chi connectivity index (χ1v) is 8.55. The maximum atomic E-state index is 12.6. The van der Waals surface area contributed by atoms with Crippen LogP contribution in [0.3, 0.4) is 0 Å². The Morgan fingerprint density at radius 1 is 0.917 bits per heavy atom. The van der Waals surface area contributed by atoms with Gasteiger partial charge in [-0.25, -0.2) is 0 Å². The van der Waals surface area contributed by atoms with Gasteiger partial charge in [0.15, 0.2) is 5.78 Å². The van der Waals surface area contributed by atoms with E-state index in [1.807, 2.05) is 48.5 Å². The molecule has 0 amide bonds. The van der Waals surface area contributed by atoms with Gasteiger partial charge in [-0.15, -0.1) is 0 Å². The van der Waals surface area contributed by atoms with Crippen molar-refractivity contribution < 1.29 is 9.53 Å². The van der Waals surface area contributed by atoms with Crippen LogP contribution in [0.4, 0.5) is 0 Å². The molecule has 0 bridgehead atoms. The molecule has 1 aliphatic heterocycles. The van der Waals surface area contributed by atoms with Crippen LogP contribution in [0.2, 0.25) is 0 Å². The fourth-order valence-corrected chi connectivity index (χ4v) is 3.65. The highest BCUT2D eigenvalue weighted by Crippen LogP contribution is 2.48. The minimum absolute atomic E-state index is 0.0473. The summed E-state index contributed by atoms with van der Waals surface area (Å²) in [5.74, 6) is 0.927. The Bertz CT molecular complexity index is 794. The van der Waals surface area contributed by atoms with Crippen molar-refractivity contribution in [3.63, 3.8) is 0 Å². The van der Waals surface area contributed by atoms with Crippen molar-refractivity contribution in [3.05, 3.63) is 89.5 Å². The summed E-state index contributed by atoms with van der Waals surface area (Å²) in [5.41, 5.74) is 2.50. The molecule has 1 fully saturated rings. The van der Waals surface area contributed by atoms with Gasteiger partial charge in [0.25, 0.3) is 0 Å². The normalized spacial score (nSPS) is 20.2. The summed E-state index contributed by atoms with van der Waals surface area (Å²) in [4.78, 5) is 12.6. The Labute approximate surface area is 142 Å². The van der Waals surface area contributed by atoms with Crippen LogP contribution >= 0.6 is 0 Å². The van der Waals surface area contributed by atoms with Crippen molar-refractivity contribution in [2.75, 3.05) is 0 Å². The maximum Gasteiger partial charge on any atom is 0.186 e. The second-order valence-corrected chi connectivity index (χ2v) is 6.51. The van der Waals surface area contributed by atoms with E-state index in [-0.39, 0.29) is 11.4 Å². The zero-order valence-electron chi connectivity index (χ0n) is 13.6. The van der Waals surface area contributed by atoms with Gasteiger partial charge in [-0.2, -0.15) is 0 Å². The summed E-state index contributed by atoms with van der Waals surface area (Å²) in [6.45, 7) is 0. The lowest BCUT2D eigenvalue weighted by Crippen LogP contribution is -2.26. The lowest BCUT2D eigenvalue weighted by atomic mass is 9.91. The molecule has 4 rings (SSSR count). The quantitative estimate of drug-likeness (QED) is 0.576. The van der Waals surface area contributed by atoms with Crippen LogP contribution in [-0.2, 0) is 4.74 Å². The molecular formula is C22H20O2. The molecule has 0 radical (unpaired) electrons. The lowest BCUT2D eigenvalue weighted by Gasteiger charge is -2.26. The fraction of sp³-hybridized carbons (Fsp3) is 0.227. The summed E-state index contributed by atoms with van der Waals surface area (Å²) < 4.78 is 6.39. The Morgan fingerprint density at radius 2 is 1.54 bits per heavy atom. The van der Waals surface area contributed by atoms with Crippen LogP contribution in [0, 0.1) is 0 Å². The second kappa shape index (κ2) is 6.12. The van der Waals surface area contributed by atoms with Gasteiger partial charge >= 0.3 is 0 Å². The number of allylic oxidation sites excluding steroid dienone is 1. The predicted octanol–water partition coefficient (Wildman–Crippen LogP) is 5.18. The van der Waals surface area contributed by atoms with Crippen LogP contribution in [0.15, 0.2) is 78.4 Å². The molecule has 2 aromatic carbocycles. The molecule has 0 N–H and O–H groups in total. The van der Waals surface area contributed by atoms with E-state index in [1.165, 1.54) is 0 Å². The summed E-state index contributed by atoms with van der Waals surface area (Å²) in [6, 6.07) is 19.6. The van der Waals surface area contributed by atoms with Crippen LogP contribution in [-0.4, -0.2) is 11.4 Å². The minimum atomic E-state index is -0.310. The number of carbonyl (C=O) groups is 1. The van der Waals surface area contributed by atoms with E-state index in [1.54, 1.807) is 6.08 Å². The van der Waals surface area contributed by atoms with E-state index >= 15 is 0 Å². The van der Waals surface area contributed by atoms with Crippen molar-refractivity contribution >= 4 is 11.5 Å². The van der Waals surface area contributed by atoms with Gasteiger partial charge in [0.1, 0.15) is 11.4 Å². The average molecular weight is 316 g/mol. The monoisotopic (exact) mass is 316 g/mol. The second-order valence-electron chi connectivity index (χ2n) is 6.51. The van der Waals surface area contributed by atoms with E-state index in [4.69, 9.17) is 4.74 Å². The first-order valence-electron chi connectivity index (χ1n) is 8.55. The average Bonchev–Trinajstić information content (AvgIpc) is 3.25. The van der Waals surface area contributed by atoms with E-state index in [0.29, 0.717) is 0 Å². The third kappa shape index (κ3) is 2.69. The molecule has 1 saturated carbocycles. The predicted molar refractivity (Wildman–Crippen MR) is 95.6 cm³/mol. The Hall–Kier alpha value is -2.61. The highest BCUT2D eigenvalue weighted by atomic mass is 16.5. The molecule has 0 unspecified atom stereocenters. The molecule has 24 heavy (non-hydrogen) atoms. The van der Waals surface area contributed by atoms with Crippen molar-refractivity contribution in [3.8, 4) is 0 Å². The number of carbonyl (C=O) groups excluding carboxylic acids is 1. The maximum absolute atomic E-state index is 12.6. The van der Waals surface area contributed by atoms with Crippen LogP contribution in [0.25, 0.3) is 5.76 Å². The first kappa shape index (κ1) is 14.9. The van der Waals surface area contributed by atoms with Gasteiger partial charge in [-0.3, -0.25) is 4.79 Å². The van der Waals surface area contributed by atoms with Gasteiger partial charge in [-0.1, -0.05) is 60.7 Å². The number of ketones is 1. The SMILES string of the molecule is O=C(/C=C1\C=C(c2ccccc2)OC12CCCC2)c1ccccc1. The summed E-state index contributed by atoms with van der Waals surface area (Å²) in [5, 5.41) is 0. The summed E-state index contributed by atoms with van der Waals surface area (Å²) in [6.07, 6.45) is 8.08. The lowest BCUT2D eigenvalue weighted by molar-refractivity contribution is 0.0961. The summed E-state index contributed by atoms with van der Waals surface area (Å²) >= 11 is 0. The molecule has 2 aromatic rings. The minimum Gasteiger partial charge on any atom is -0.482 e. The molecule has 1 heterocycles. The van der Waals surface area contributed by atoms with E-state index < -0.39 is 0 Å². The Balaban J connectivity index is 1.71. The van der Waals surface area contributed by atoms with Crippen LogP contribution in [0.5, 0.6) is 0 Å². The van der Waals surface area contributed by atoms with Crippen LogP contribution < -0.4 is 0 Å². The van der Waals surface area contributed by atoms with Crippen molar-refractivity contribution in [2.45, 2.75) is 31.3 Å². The smallest absolute Gasteiger partial charge is 0.186 e. The fourth-order valence-electron chi connectivity index (χ4n) is 3.65. The molecule has 0 aromatic heterocycles. The molecule has 2 aliphatic rings. The number of hydrogen-bond acceptors (Lipinski definition) is 2. The van der Waals surface area contributed by atoms with Crippen molar-refractivity contribution in [1.82, 2.24) is 0 Å². The van der Waals surface area contributed by atoms with Gasteiger partial charge in [0.2, 0.25) is 0 Å². The van der Waals surface area contributed by atoms with Crippen LogP contribution in [0.1, 0.15) is 41.6 Å². The topological polar surface area (TPSA) is 26.3 Å². The molecule has 1 spiro atoms. The molecular weight excluding hydrogens is 296 g/mol. The Morgan fingerprint density at radius 3 is 2.21 bits per heavy atom. The van der Waals surface area contributed by atoms with Gasteiger partial charge in [0.05, 0.1) is 0 Å². The first-order chi connectivity index (χ1) is 11.8. The zero-order chi connectivity index (χ0) is 16.4. The van der Waals surface area contributed by atoms with Crippen molar-refractivity contribution in [2.24, 2.45) is 0 Å². The Kier molecular flexibility index (Phi) is 3.81.